The summed E-state index contributed by atoms with van der Waals surface area (Å²) in [6.07, 6.45) is 1.15. The van der Waals surface area contributed by atoms with Crippen molar-refractivity contribution in [1.29, 1.82) is 0 Å². The number of hydrogen-bond acceptors (Lipinski definition) is 4. The molecular formula is C21H26N2O4S. The lowest BCUT2D eigenvalue weighted by Crippen LogP contribution is -2.35. The molecule has 150 valence electrons. The van der Waals surface area contributed by atoms with Gasteiger partial charge in [0.1, 0.15) is 0 Å². The van der Waals surface area contributed by atoms with Crippen LogP contribution < -0.4 is 5.32 Å². The fraction of sp³-hybridized carbons (Fsp3) is 0.333. The van der Waals surface area contributed by atoms with Crippen molar-refractivity contribution in [3.8, 4) is 0 Å². The van der Waals surface area contributed by atoms with Crippen LogP contribution in [0.25, 0.3) is 0 Å². The summed E-state index contributed by atoms with van der Waals surface area (Å²) in [6, 6.07) is 10.4. The highest BCUT2D eigenvalue weighted by molar-refractivity contribution is 7.89. The van der Waals surface area contributed by atoms with Gasteiger partial charge in [-0.15, -0.1) is 0 Å². The molecule has 0 saturated carbocycles. The number of nitrogens with zero attached hydrogens (tertiary/aromatic N) is 1. The quantitative estimate of drug-likeness (QED) is 0.805. The Labute approximate surface area is 166 Å². The zero-order chi connectivity index (χ0) is 21.1. The van der Waals surface area contributed by atoms with E-state index in [-0.39, 0.29) is 24.1 Å². The molecule has 7 heteroatoms. The standard InChI is InChI=1S/C21H26N2O4S/c1-14-9-15(2)20(16(3)10-14)22-19(24)12-23(4)21(25)18-8-6-7-17(11-18)13-28(5,26)27/h6-11H,12-13H2,1-5H3,(H,22,24). The molecule has 2 amide bonds. The Morgan fingerprint density at radius 2 is 1.64 bits per heavy atom. The Kier molecular flexibility index (Phi) is 6.61. The number of hydrogen-bond donors (Lipinski definition) is 1. The van der Waals surface area contributed by atoms with Crippen LogP contribution in [0.5, 0.6) is 0 Å². The largest absolute Gasteiger partial charge is 0.332 e. The van der Waals surface area contributed by atoms with Crippen molar-refractivity contribution >= 4 is 27.3 Å². The van der Waals surface area contributed by atoms with Gasteiger partial charge in [-0.05, 0) is 49.6 Å². The lowest BCUT2D eigenvalue weighted by Gasteiger charge is -2.19. The summed E-state index contributed by atoms with van der Waals surface area (Å²) in [5.74, 6) is -0.773. The lowest BCUT2D eigenvalue weighted by atomic mass is 10.1. The van der Waals surface area contributed by atoms with Crippen LogP contribution in [0.1, 0.15) is 32.6 Å². The molecule has 0 aliphatic heterocycles. The van der Waals surface area contributed by atoms with E-state index >= 15 is 0 Å². The number of rotatable bonds is 6. The maximum atomic E-state index is 12.6. The second kappa shape index (κ2) is 8.56. The highest BCUT2D eigenvalue weighted by Gasteiger charge is 2.17. The van der Waals surface area contributed by atoms with Crippen molar-refractivity contribution in [1.82, 2.24) is 4.90 Å². The van der Waals surface area contributed by atoms with Crippen LogP contribution in [0.4, 0.5) is 5.69 Å². The van der Waals surface area contributed by atoms with Gasteiger partial charge in [-0.2, -0.15) is 0 Å². The zero-order valence-electron chi connectivity index (χ0n) is 16.9. The molecule has 28 heavy (non-hydrogen) atoms. The van der Waals surface area contributed by atoms with E-state index in [1.54, 1.807) is 31.3 Å². The van der Waals surface area contributed by atoms with Gasteiger partial charge in [0.2, 0.25) is 5.91 Å². The van der Waals surface area contributed by atoms with Crippen LogP contribution in [0.15, 0.2) is 36.4 Å². The van der Waals surface area contributed by atoms with Crippen LogP contribution >= 0.6 is 0 Å². The van der Waals surface area contributed by atoms with E-state index in [0.717, 1.165) is 28.6 Å². The lowest BCUT2D eigenvalue weighted by molar-refractivity contribution is -0.116. The summed E-state index contributed by atoms with van der Waals surface area (Å²) < 4.78 is 22.9. The molecule has 0 aliphatic rings. The molecule has 0 unspecified atom stereocenters. The van der Waals surface area contributed by atoms with E-state index in [4.69, 9.17) is 0 Å². The number of nitrogens with one attached hydrogen (secondary N) is 1. The SMILES string of the molecule is Cc1cc(C)c(NC(=O)CN(C)C(=O)c2cccc(CS(C)(=O)=O)c2)c(C)c1. The first-order chi connectivity index (χ1) is 13.0. The highest BCUT2D eigenvalue weighted by atomic mass is 32.2. The first kappa shape index (κ1) is 21.6. The molecule has 0 aromatic heterocycles. The van der Waals surface area contributed by atoms with Gasteiger partial charge in [-0.3, -0.25) is 9.59 Å². The highest BCUT2D eigenvalue weighted by Crippen LogP contribution is 2.22. The van der Waals surface area contributed by atoms with E-state index in [1.165, 1.54) is 4.90 Å². The molecule has 0 atom stereocenters. The van der Waals surface area contributed by atoms with Crippen LogP contribution in [0.3, 0.4) is 0 Å². The van der Waals surface area contributed by atoms with Crippen LogP contribution in [0, 0.1) is 20.8 Å². The van der Waals surface area contributed by atoms with Crippen molar-refractivity contribution in [3.05, 3.63) is 64.2 Å². The summed E-state index contributed by atoms with van der Waals surface area (Å²) in [5.41, 5.74) is 4.69. The van der Waals surface area contributed by atoms with E-state index in [0.29, 0.717) is 11.1 Å². The monoisotopic (exact) mass is 402 g/mol. The number of carbonyl (C=O) groups is 2. The number of aryl methyl sites for hydroxylation is 3. The molecule has 2 rings (SSSR count). The van der Waals surface area contributed by atoms with Crippen molar-refractivity contribution in [2.45, 2.75) is 26.5 Å². The molecule has 0 fully saturated rings. The maximum absolute atomic E-state index is 12.6. The topological polar surface area (TPSA) is 83.6 Å². The molecule has 2 aromatic carbocycles. The third kappa shape index (κ3) is 5.92. The first-order valence-corrected chi connectivity index (χ1v) is 10.9. The van der Waals surface area contributed by atoms with Crippen molar-refractivity contribution < 1.29 is 18.0 Å². The zero-order valence-corrected chi connectivity index (χ0v) is 17.7. The fourth-order valence-corrected chi connectivity index (χ4v) is 3.95. The Morgan fingerprint density at radius 3 is 2.21 bits per heavy atom. The Hall–Kier alpha value is -2.67. The minimum atomic E-state index is -3.19. The Bertz CT molecular complexity index is 990. The van der Waals surface area contributed by atoms with Gasteiger partial charge in [-0.25, -0.2) is 8.42 Å². The number of amides is 2. The average Bonchev–Trinajstić information content (AvgIpc) is 2.56. The third-order valence-corrected chi connectivity index (χ3v) is 5.13. The van der Waals surface area contributed by atoms with Gasteiger partial charge in [-0.1, -0.05) is 29.8 Å². The van der Waals surface area contributed by atoms with Gasteiger partial charge >= 0.3 is 0 Å². The molecular weight excluding hydrogens is 376 g/mol. The van der Waals surface area contributed by atoms with Gasteiger partial charge in [0, 0.05) is 24.6 Å². The third-order valence-electron chi connectivity index (χ3n) is 4.27. The van der Waals surface area contributed by atoms with Gasteiger partial charge in [0.25, 0.3) is 5.91 Å². The van der Waals surface area contributed by atoms with E-state index < -0.39 is 9.84 Å². The molecule has 2 aromatic rings. The number of anilines is 1. The van der Waals surface area contributed by atoms with Crippen molar-refractivity contribution in [2.24, 2.45) is 0 Å². The van der Waals surface area contributed by atoms with Gasteiger partial charge in [0.15, 0.2) is 9.84 Å². The Balaban J connectivity index is 2.08. The molecule has 6 nitrogen and oxygen atoms in total. The summed E-state index contributed by atoms with van der Waals surface area (Å²) in [4.78, 5) is 26.4. The molecule has 0 saturated heterocycles. The summed E-state index contributed by atoms with van der Waals surface area (Å²) in [6.45, 7) is 5.74. The number of carbonyl (C=O) groups excluding carboxylic acids is 2. The van der Waals surface area contributed by atoms with Crippen molar-refractivity contribution in [2.75, 3.05) is 25.2 Å². The van der Waals surface area contributed by atoms with E-state index in [2.05, 4.69) is 5.32 Å². The predicted molar refractivity (Wildman–Crippen MR) is 111 cm³/mol. The predicted octanol–water partition coefficient (Wildman–Crippen LogP) is 2.87. The molecule has 0 heterocycles. The molecule has 0 aliphatic carbocycles. The molecule has 0 bridgehead atoms. The summed E-state index contributed by atoms with van der Waals surface area (Å²) >= 11 is 0. The van der Waals surface area contributed by atoms with Crippen molar-refractivity contribution in [3.63, 3.8) is 0 Å². The van der Waals surface area contributed by atoms with Crippen LogP contribution in [-0.2, 0) is 20.4 Å². The van der Waals surface area contributed by atoms with E-state index in [1.807, 2.05) is 32.9 Å². The molecule has 0 spiro atoms. The second-order valence-electron chi connectivity index (χ2n) is 7.25. The van der Waals surface area contributed by atoms with Gasteiger partial charge < -0.3 is 10.2 Å². The van der Waals surface area contributed by atoms with Gasteiger partial charge in [0.05, 0.1) is 12.3 Å². The maximum Gasteiger partial charge on any atom is 0.254 e. The average molecular weight is 403 g/mol. The van der Waals surface area contributed by atoms with Crippen LogP contribution in [0.2, 0.25) is 0 Å². The van der Waals surface area contributed by atoms with E-state index in [9.17, 15) is 18.0 Å². The minimum Gasteiger partial charge on any atom is -0.332 e. The first-order valence-electron chi connectivity index (χ1n) is 8.86. The summed E-state index contributed by atoms with van der Waals surface area (Å²) in [5, 5.41) is 2.87. The fourth-order valence-electron chi connectivity index (χ4n) is 3.16. The Morgan fingerprint density at radius 1 is 1.04 bits per heavy atom. The number of sulfone groups is 1. The smallest absolute Gasteiger partial charge is 0.254 e. The summed E-state index contributed by atoms with van der Waals surface area (Å²) in [7, 11) is -1.65. The second-order valence-corrected chi connectivity index (χ2v) is 9.39. The minimum absolute atomic E-state index is 0.109. The molecule has 1 N–H and O–H groups in total. The number of benzene rings is 2. The normalized spacial score (nSPS) is 11.2. The molecule has 0 radical (unpaired) electrons. The number of likely N-dealkylation sites (N-methyl/N-ethyl adjacent to an activating group) is 1. The van der Waals surface area contributed by atoms with Crippen LogP contribution in [-0.4, -0.2) is 45.0 Å².